The summed E-state index contributed by atoms with van der Waals surface area (Å²) in [5, 5.41) is 0.840. The van der Waals surface area contributed by atoms with E-state index in [1.54, 1.807) is 0 Å². The van der Waals surface area contributed by atoms with Gasteiger partial charge in [0.2, 0.25) is 0 Å². The molecule has 0 saturated carbocycles. The predicted molar refractivity (Wildman–Crippen MR) is 77.8 cm³/mol. The Morgan fingerprint density at radius 2 is 2.06 bits per heavy atom. The standard InChI is InChI=1S/C15H23NS/c1-13(15-6-4-3-5-7-15)12-16-9-8-14(2)17-11-10-16/h3-7,13-14H,8-12H2,1-2H3. The first-order chi connectivity index (χ1) is 8.25. The summed E-state index contributed by atoms with van der Waals surface area (Å²) < 4.78 is 0. The van der Waals surface area contributed by atoms with Gasteiger partial charge < -0.3 is 4.90 Å². The second-order valence-corrected chi connectivity index (χ2v) is 6.63. The predicted octanol–water partition coefficient (Wildman–Crippen LogP) is 3.62. The minimum atomic E-state index is 0.648. The van der Waals surface area contributed by atoms with Crippen LogP contribution in [0.4, 0.5) is 0 Å². The van der Waals surface area contributed by atoms with E-state index in [2.05, 4.69) is 60.8 Å². The number of benzene rings is 1. The molecule has 1 nitrogen and oxygen atoms in total. The van der Waals surface area contributed by atoms with Crippen LogP contribution in [0, 0.1) is 0 Å². The molecular weight excluding hydrogens is 226 g/mol. The average molecular weight is 249 g/mol. The van der Waals surface area contributed by atoms with Crippen LogP contribution in [0.3, 0.4) is 0 Å². The van der Waals surface area contributed by atoms with Crippen LogP contribution in [0.2, 0.25) is 0 Å². The molecule has 2 heteroatoms. The molecule has 0 N–H and O–H groups in total. The van der Waals surface area contributed by atoms with E-state index in [4.69, 9.17) is 0 Å². The molecule has 1 aliphatic heterocycles. The molecule has 1 aromatic carbocycles. The van der Waals surface area contributed by atoms with Gasteiger partial charge >= 0.3 is 0 Å². The molecule has 1 heterocycles. The van der Waals surface area contributed by atoms with Crippen molar-refractivity contribution in [3.05, 3.63) is 35.9 Å². The van der Waals surface area contributed by atoms with E-state index < -0.39 is 0 Å². The molecular formula is C15H23NS. The third-order valence-electron chi connectivity index (χ3n) is 3.56. The van der Waals surface area contributed by atoms with E-state index in [9.17, 15) is 0 Å². The van der Waals surface area contributed by atoms with E-state index in [1.807, 2.05) is 0 Å². The molecule has 0 aliphatic carbocycles. The molecule has 2 unspecified atom stereocenters. The quantitative estimate of drug-likeness (QED) is 0.805. The highest BCUT2D eigenvalue weighted by Crippen LogP contribution is 2.21. The number of nitrogens with zero attached hydrogens (tertiary/aromatic N) is 1. The van der Waals surface area contributed by atoms with Crippen molar-refractivity contribution in [2.45, 2.75) is 31.4 Å². The fourth-order valence-electron chi connectivity index (χ4n) is 2.40. The molecule has 1 aromatic rings. The van der Waals surface area contributed by atoms with Crippen LogP contribution < -0.4 is 0 Å². The maximum atomic E-state index is 2.63. The van der Waals surface area contributed by atoms with Crippen LogP contribution in [0.1, 0.15) is 31.7 Å². The topological polar surface area (TPSA) is 3.24 Å². The van der Waals surface area contributed by atoms with Gasteiger partial charge in [0, 0.05) is 24.1 Å². The van der Waals surface area contributed by atoms with Crippen LogP contribution in [-0.4, -0.2) is 35.5 Å². The normalized spacial score (nSPS) is 24.2. The van der Waals surface area contributed by atoms with E-state index in [1.165, 1.54) is 37.4 Å². The maximum absolute atomic E-state index is 2.63. The minimum Gasteiger partial charge on any atom is -0.302 e. The van der Waals surface area contributed by atoms with E-state index in [-0.39, 0.29) is 0 Å². The summed E-state index contributed by atoms with van der Waals surface area (Å²) >= 11 is 2.12. The summed E-state index contributed by atoms with van der Waals surface area (Å²) in [6, 6.07) is 10.9. The first-order valence-corrected chi connectivity index (χ1v) is 7.69. The van der Waals surface area contributed by atoms with Crippen molar-refractivity contribution in [3.8, 4) is 0 Å². The molecule has 2 atom stereocenters. The Hall–Kier alpha value is -0.470. The fourth-order valence-corrected chi connectivity index (χ4v) is 3.44. The summed E-state index contributed by atoms with van der Waals surface area (Å²) in [7, 11) is 0. The zero-order chi connectivity index (χ0) is 12.1. The monoisotopic (exact) mass is 249 g/mol. The van der Waals surface area contributed by atoms with Gasteiger partial charge in [-0.2, -0.15) is 11.8 Å². The van der Waals surface area contributed by atoms with Gasteiger partial charge in [-0.25, -0.2) is 0 Å². The largest absolute Gasteiger partial charge is 0.302 e. The maximum Gasteiger partial charge on any atom is 0.00727 e. The lowest BCUT2D eigenvalue weighted by Crippen LogP contribution is -2.30. The highest BCUT2D eigenvalue weighted by molar-refractivity contribution is 7.99. The van der Waals surface area contributed by atoms with Crippen LogP contribution in [0.5, 0.6) is 0 Å². The van der Waals surface area contributed by atoms with Gasteiger partial charge in [0.05, 0.1) is 0 Å². The zero-order valence-corrected chi connectivity index (χ0v) is 11.7. The molecule has 0 radical (unpaired) electrons. The van der Waals surface area contributed by atoms with Crippen LogP contribution in [0.15, 0.2) is 30.3 Å². The Kier molecular flexibility index (Phi) is 4.93. The molecule has 1 saturated heterocycles. The van der Waals surface area contributed by atoms with Crippen LogP contribution >= 0.6 is 11.8 Å². The third kappa shape index (κ3) is 4.04. The van der Waals surface area contributed by atoms with Crippen molar-refractivity contribution >= 4 is 11.8 Å². The molecule has 1 aliphatic rings. The molecule has 1 fully saturated rings. The molecule has 94 valence electrons. The van der Waals surface area contributed by atoms with E-state index in [0.29, 0.717) is 5.92 Å². The van der Waals surface area contributed by atoms with Crippen molar-refractivity contribution in [1.29, 1.82) is 0 Å². The molecule has 17 heavy (non-hydrogen) atoms. The van der Waals surface area contributed by atoms with Crippen LogP contribution in [0.25, 0.3) is 0 Å². The highest BCUT2D eigenvalue weighted by Gasteiger charge is 2.16. The third-order valence-corrected chi connectivity index (χ3v) is 4.79. The number of thioether (sulfide) groups is 1. The molecule has 0 spiro atoms. The summed E-state index contributed by atoms with van der Waals surface area (Å²) in [6.45, 7) is 8.43. The number of rotatable bonds is 3. The zero-order valence-electron chi connectivity index (χ0n) is 10.9. The smallest absolute Gasteiger partial charge is 0.00727 e. The van der Waals surface area contributed by atoms with Crippen molar-refractivity contribution in [3.63, 3.8) is 0 Å². The Labute approximate surface area is 110 Å². The summed E-state index contributed by atoms with van der Waals surface area (Å²) in [5.41, 5.74) is 1.47. The Morgan fingerprint density at radius 1 is 1.29 bits per heavy atom. The first-order valence-electron chi connectivity index (χ1n) is 6.64. The van der Waals surface area contributed by atoms with Gasteiger partial charge in [0.15, 0.2) is 0 Å². The summed E-state index contributed by atoms with van der Waals surface area (Å²) in [6.07, 6.45) is 1.34. The number of hydrogen-bond acceptors (Lipinski definition) is 2. The van der Waals surface area contributed by atoms with E-state index in [0.717, 1.165) is 5.25 Å². The second-order valence-electron chi connectivity index (χ2n) is 5.08. The summed E-state index contributed by atoms with van der Waals surface area (Å²) in [4.78, 5) is 2.63. The van der Waals surface area contributed by atoms with Crippen LogP contribution in [-0.2, 0) is 0 Å². The SMILES string of the molecule is CC1CCN(CC(C)c2ccccc2)CCS1. The minimum absolute atomic E-state index is 0.648. The fraction of sp³-hybridized carbons (Fsp3) is 0.600. The number of hydrogen-bond donors (Lipinski definition) is 0. The van der Waals surface area contributed by atoms with Gasteiger partial charge in [-0.15, -0.1) is 0 Å². The lowest BCUT2D eigenvalue weighted by molar-refractivity contribution is 0.277. The molecule has 0 aromatic heterocycles. The second kappa shape index (κ2) is 6.46. The van der Waals surface area contributed by atoms with Gasteiger partial charge in [-0.1, -0.05) is 44.2 Å². The van der Waals surface area contributed by atoms with Gasteiger partial charge in [-0.05, 0) is 24.4 Å². The average Bonchev–Trinajstić information content (AvgIpc) is 2.56. The lowest BCUT2D eigenvalue weighted by atomic mass is 10.0. The van der Waals surface area contributed by atoms with Gasteiger partial charge in [0.25, 0.3) is 0 Å². The summed E-state index contributed by atoms with van der Waals surface area (Å²) in [5.74, 6) is 1.94. The van der Waals surface area contributed by atoms with Gasteiger partial charge in [-0.3, -0.25) is 0 Å². The molecule has 0 bridgehead atoms. The van der Waals surface area contributed by atoms with Crippen molar-refractivity contribution in [2.75, 3.05) is 25.4 Å². The highest BCUT2D eigenvalue weighted by atomic mass is 32.2. The molecule has 0 amide bonds. The van der Waals surface area contributed by atoms with E-state index >= 15 is 0 Å². The van der Waals surface area contributed by atoms with Gasteiger partial charge in [0.1, 0.15) is 0 Å². The Morgan fingerprint density at radius 3 is 2.82 bits per heavy atom. The van der Waals surface area contributed by atoms with Crippen molar-refractivity contribution < 1.29 is 0 Å². The lowest BCUT2D eigenvalue weighted by Gasteiger charge is -2.24. The Bertz CT molecular complexity index is 325. The first kappa shape index (κ1) is 13.0. The Balaban J connectivity index is 1.88. The van der Waals surface area contributed by atoms with Crippen molar-refractivity contribution in [1.82, 2.24) is 4.90 Å². The van der Waals surface area contributed by atoms with Crippen molar-refractivity contribution in [2.24, 2.45) is 0 Å². The molecule has 2 rings (SSSR count).